The standard InChI is InChI=1S/C13H21BrN4/c1-13(2,3)5-7-16-11-9-8-15-6-4-10(9)17-12(14)18-11/h15H,4-8H2,1-3H3,(H,16,17,18). The van der Waals surface area contributed by atoms with E-state index in [4.69, 9.17) is 0 Å². The average Bonchev–Trinajstić information content (AvgIpc) is 2.27. The first-order valence-corrected chi connectivity index (χ1v) is 7.25. The number of halogens is 1. The zero-order chi connectivity index (χ0) is 13.2. The molecule has 1 aromatic rings. The first-order valence-electron chi connectivity index (χ1n) is 6.45. The van der Waals surface area contributed by atoms with Crippen molar-refractivity contribution in [3.05, 3.63) is 16.0 Å². The van der Waals surface area contributed by atoms with E-state index in [-0.39, 0.29) is 0 Å². The molecular weight excluding hydrogens is 292 g/mol. The Hall–Kier alpha value is -0.680. The summed E-state index contributed by atoms with van der Waals surface area (Å²) in [6.07, 6.45) is 2.10. The SMILES string of the molecule is CC(C)(C)CCNc1nc(Br)nc2c1CNCC2. The molecule has 0 saturated heterocycles. The molecule has 0 unspecified atom stereocenters. The van der Waals surface area contributed by atoms with Crippen LogP contribution in [-0.4, -0.2) is 23.1 Å². The van der Waals surface area contributed by atoms with Crippen LogP contribution in [0.1, 0.15) is 38.4 Å². The lowest BCUT2D eigenvalue weighted by Gasteiger charge is -2.22. The molecule has 1 aromatic heterocycles. The van der Waals surface area contributed by atoms with Crippen LogP contribution in [0.15, 0.2) is 4.73 Å². The van der Waals surface area contributed by atoms with Gasteiger partial charge in [0.2, 0.25) is 0 Å². The molecule has 0 fully saturated rings. The molecule has 5 heteroatoms. The number of nitrogens with zero attached hydrogens (tertiary/aromatic N) is 2. The van der Waals surface area contributed by atoms with E-state index in [1.165, 1.54) is 5.56 Å². The van der Waals surface area contributed by atoms with Gasteiger partial charge in [-0.05, 0) is 27.8 Å². The Morgan fingerprint density at radius 2 is 2.11 bits per heavy atom. The Labute approximate surface area is 117 Å². The first-order chi connectivity index (χ1) is 8.46. The smallest absolute Gasteiger partial charge is 0.198 e. The lowest BCUT2D eigenvalue weighted by molar-refractivity contribution is 0.389. The Bertz CT molecular complexity index is 426. The summed E-state index contributed by atoms with van der Waals surface area (Å²) in [5.74, 6) is 0.975. The molecule has 2 rings (SSSR count). The molecule has 0 aliphatic carbocycles. The molecule has 18 heavy (non-hydrogen) atoms. The van der Waals surface area contributed by atoms with E-state index in [1.54, 1.807) is 0 Å². The minimum absolute atomic E-state index is 0.343. The van der Waals surface area contributed by atoms with Crippen LogP contribution in [0, 0.1) is 5.41 Å². The van der Waals surface area contributed by atoms with E-state index < -0.39 is 0 Å². The summed E-state index contributed by atoms with van der Waals surface area (Å²) in [6, 6.07) is 0. The van der Waals surface area contributed by atoms with Crippen LogP contribution >= 0.6 is 15.9 Å². The van der Waals surface area contributed by atoms with E-state index >= 15 is 0 Å². The monoisotopic (exact) mass is 312 g/mol. The number of fused-ring (bicyclic) bond motifs is 1. The quantitative estimate of drug-likeness (QED) is 0.843. The topological polar surface area (TPSA) is 49.8 Å². The Kier molecular flexibility index (Phi) is 4.22. The molecule has 100 valence electrons. The van der Waals surface area contributed by atoms with Crippen molar-refractivity contribution in [2.24, 2.45) is 5.41 Å². The largest absolute Gasteiger partial charge is 0.370 e. The molecule has 1 aliphatic heterocycles. The van der Waals surface area contributed by atoms with Gasteiger partial charge in [-0.15, -0.1) is 0 Å². The summed E-state index contributed by atoms with van der Waals surface area (Å²) in [5, 5.41) is 6.82. The third-order valence-corrected chi connectivity index (χ3v) is 3.43. The van der Waals surface area contributed by atoms with Crippen molar-refractivity contribution in [1.82, 2.24) is 15.3 Å². The van der Waals surface area contributed by atoms with Gasteiger partial charge >= 0.3 is 0 Å². The molecule has 0 amide bonds. The number of anilines is 1. The lowest BCUT2D eigenvalue weighted by Crippen LogP contribution is -2.27. The van der Waals surface area contributed by atoms with Gasteiger partial charge in [0, 0.05) is 31.6 Å². The maximum absolute atomic E-state index is 4.46. The molecule has 2 N–H and O–H groups in total. The van der Waals surface area contributed by atoms with Gasteiger partial charge in [-0.3, -0.25) is 0 Å². The number of rotatable bonds is 3. The van der Waals surface area contributed by atoms with E-state index in [1.807, 2.05) is 0 Å². The summed E-state index contributed by atoms with van der Waals surface area (Å²) in [6.45, 7) is 9.56. The number of hydrogen-bond donors (Lipinski definition) is 2. The molecule has 0 spiro atoms. The maximum Gasteiger partial charge on any atom is 0.198 e. The third kappa shape index (κ3) is 3.65. The van der Waals surface area contributed by atoms with Crippen LogP contribution in [0.3, 0.4) is 0 Å². The third-order valence-electron chi connectivity index (χ3n) is 3.07. The maximum atomic E-state index is 4.46. The van der Waals surface area contributed by atoms with Gasteiger partial charge in [-0.25, -0.2) is 9.97 Å². The van der Waals surface area contributed by atoms with Crippen molar-refractivity contribution >= 4 is 21.7 Å². The van der Waals surface area contributed by atoms with Crippen LogP contribution in [-0.2, 0) is 13.0 Å². The second kappa shape index (κ2) is 5.53. The van der Waals surface area contributed by atoms with Gasteiger partial charge < -0.3 is 10.6 Å². The van der Waals surface area contributed by atoms with Crippen molar-refractivity contribution in [3.8, 4) is 0 Å². The van der Waals surface area contributed by atoms with E-state index in [0.29, 0.717) is 10.1 Å². The second-order valence-corrected chi connectivity index (χ2v) is 6.64. The fraction of sp³-hybridized carbons (Fsp3) is 0.692. The highest BCUT2D eigenvalue weighted by Crippen LogP contribution is 2.23. The predicted octanol–water partition coefficient (Wildman–Crippen LogP) is 2.73. The molecule has 0 atom stereocenters. The molecule has 2 heterocycles. The molecule has 0 aromatic carbocycles. The molecule has 0 radical (unpaired) electrons. The summed E-state index contributed by atoms with van der Waals surface area (Å²) in [7, 11) is 0. The van der Waals surface area contributed by atoms with Crippen LogP contribution in [0.25, 0.3) is 0 Å². The molecule has 0 bridgehead atoms. The number of nitrogens with one attached hydrogen (secondary N) is 2. The molecule has 1 aliphatic rings. The number of hydrogen-bond acceptors (Lipinski definition) is 4. The van der Waals surface area contributed by atoms with Gasteiger partial charge in [-0.2, -0.15) is 0 Å². The Morgan fingerprint density at radius 1 is 1.33 bits per heavy atom. The highest BCUT2D eigenvalue weighted by molar-refractivity contribution is 9.10. The first kappa shape index (κ1) is 13.7. The van der Waals surface area contributed by atoms with Gasteiger partial charge in [0.05, 0.1) is 5.69 Å². The van der Waals surface area contributed by atoms with Crippen molar-refractivity contribution < 1.29 is 0 Å². The van der Waals surface area contributed by atoms with Crippen LogP contribution < -0.4 is 10.6 Å². The van der Waals surface area contributed by atoms with Crippen LogP contribution in [0.4, 0.5) is 5.82 Å². The Balaban J connectivity index is 2.10. The van der Waals surface area contributed by atoms with Crippen LogP contribution in [0.5, 0.6) is 0 Å². The zero-order valence-corrected chi connectivity index (χ0v) is 12.9. The average molecular weight is 313 g/mol. The van der Waals surface area contributed by atoms with Gasteiger partial charge in [0.1, 0.15) is 5.82 Å². The highest BCUT2D eigenvalue weighted by atomic mass is 79.9. The van der Waals surface area contributed by atoms with Gasteiger partial charge in [0.15, 0.2) is 4.73 Å². The fourth-order valence-electron chi connectivity index (χ4n) is 2.02. The van der Waals surface area contributed by atoms with Crippen molar-refractivity contribution in [2.45, 2.75) is 40.2 Å². The summed E-state index contributed by atoms with van der Waals surface area (Å²) < 4.78 is 0.682. The van der Waals surface area contributed by atoms with Crippen molar-refractivity contribution in [3.63, 3.8) is 0 Å². The van der Waals surface area contributed by atoms with Crippen molar-refractivity contribution in [2.75, 3.05) is 18.4 Å². The van der Waals surface area contributed by atoms with Gasteiger partial charge in [-0.1, -0.05) is 20.8 Å². The van der Waals surface area contributed by atoms with E-state index in [2.05, 4.69) is 57.3 Å². The lowest BCUT2D eigenvalue weighted by atomic mass is 9.92. The van der Waals surface area contributed by atoms with Crippen LogP contribution in [0.2, 0.25) is 0 Å². The second-order valence-electron chi connectivity index (χ2n) is 5.93. The minimum Gasteiger partial charge on any atom is -0.370 e. The van der Waals surface area contributed by atoms with E-state index in [0.717, 1.165) is 44.0 Å². The fourth-order valence-corrected chi connectivity index (χ4v) is 2.41. The Morgan fingerprint density at radius 3 is 2.83 bits per heavy atom. The predicted molar refractivity (Wildman–Crippen MR) is 77.7 cm³/mol. The summed E-state index contributed by atoms with van der Waals surface area (Å²) in [4.78, 5) is 8.92. The van der Waals surface area contributed by atoms with Gasteiger partial charge in [0.25, 0.3) is 0 Å². The zero-order valence-electron chi connectivity index (χ0n) is 11.3. The normalized spacial score (nSPS) is 15.3. The molecular formula is C13H21BrN4. The minimum atomic E-state index is 0.343. The molecule has 4 nitrogen and oxygen atoms in total. The highest BCUT2D eigenvalue weighted by Gasteiger charge is 2.17. The summed E-state index contributed by atoms with van der Waals surface area (Å²) >= 11 is 3.39. The summed E-state index contributed by atoms with van der Waals surface area (Å²) in [5.41, 5.74) is 2.72. The molecule has 0 saturated carbocycles. The number of aromatic nitrogens is 2. The van der Waals surface area contributed by atoms with Crippen molar-refractivity contribution in [1.29, 1.82) is 0 Å². The van der Waals surface area contributed by atoms with E-state index in [9.17, 15) is 0 Å².